The number of rotatable bonds is 4. The molecule has 1 fully saturated rings. The zero-order valence-corrected chi connectivity index (χ0v) is 14.4. The van der Waals surface area contributed by atoms with Crippen molar-refractivity contribution in [3.63, 3.8) is 0 Å². The van der Waals surface area contributed by atoms with Crippen molar-refractivity contribution in [2.24, 2.45) is 5.14 Å². The second kappa shape index (κ2) is 8.22. The van der Waals surface area contributed by atoms with E-state index < -0.39 is 0 Å². The van der Waals surface area contributed by atoms with E-state index in [9.17, 15) is 4.79 Å². The molecule has 0 bridgehead atoms. The van der Waals surface area contributed by atoms with E-state index >= 15 is 0 Å². The summed E-state index contributed by atoms with van der Waals surface area (Å²) < 4.78 is 5.46. The van der Waals surface area contributed by atoms with Crippen LogP contribution in [0, 0.1) is 0 Å². The minimum absolute atomic E-state index is 0.243. The van der Waals surface area contributed by atoms with Crippen LogP contribution in [0.1, 0.15) is 32.1 Å². The average Bonchev–Trinajstić information content (AvgIpc) is 2.63. The van der Waals surface area contributed by atoms with Gasteiger partial charge in [-0.25, -0.2) is 4.79 Å². The molecule has 3 N–H and O–H groups in total. The summed E-state index contributed by atoms with van der Waals surface area (Å²) in [6, 6.07) is 15.8. The van der Waals surface area contributed by atoms with E-state index in [-0.39, 0.29) is 12.1 Å². The molecule has 0 unspecified atom stereocenters. The summed E-state index contributed by atoms with van der Waals surface area (Å²) >= 11 is 1.22. The van der Waals surface area contributed by atoms with Gasteiger partial charge in [-0.2, -0.15) is 0 Å². The van der Waals surface area contributed by atoms with E-state index in [0.717, 1.165) is 28.9 Å². The molecule has 1 saturated carbocycles. The average molecular weight is 342 g/mol. The maximum atomic E-state index is 12.1. The standard InChI is InChI=1S/C19H22N2O2S/c20-24-18-11-5-7-15(13-18)14-6-4-10-17(12-14)23-19(22)21-16-8-2-1-3-9-16/h4-7,10-13,16H,1-3,8-9,20H2,(H,21,22). The minimum atomic E-state index is -0.370. The SMILES string of the molecule is NSc1cccc(-c2cccc(OC(=O)NC3CCCCC3)c2)c1. The third-order valence-electron chi connectivity index (χ3n) is 4.28. The molecular weight excluding hydrogens is 320 g/mol. The van der Waals surface area contributed by atoms with Gasteiger partial charge in [0.05, 0.1) is 0 Å². The van der Waals surface area contributed by atoms with Gasteiger partial charge in [-0.05, 0) is 60.2 Å². The van der Waals surface area contributed by atoms with Crippen LogP contribution in [-0.2, 0) is 0 Å². The zero-order chi connectivity index (χ0) is 16.8. The number of hydrogen-bond donors (Lipinski definition) is 2. The first-order chi connectivity index (χ1) is 11.7. The Labute approximate surface area is 146 Å². The monoisotopic (exact) mass is 342 g/mol. The van der Waals surface area contributed by atoms with E-state index in [1.807, 2.05) is 42.5 Å². The lowest BCUT2D eigenvalue weighted by atomic mass is 9.96. The largest absolute Gasteiger partial charge is 0.412 e. The second-order valence-electron chi connectivity index (χ2n) is 6.04. The van der Waals surface area contributed by atoms with Crippen molar-refractivity contribution >= 4 is 18.0 Å². The predicted molar refractivity (Wildman–Crippen MR) is 98.0 cm³/mol. The molecule has 2 aromatic rings. The summed E-state index contributed by atoms with van der Waals surface area (Å²) in [5, 5.41) is 8.58. The van der Waals surface area contributed by atoms with Crippen LogP contribution in [0.5, 0.6) is 5.75 Å². The molecule has 4 nitrogen and oxygen atoms in total. The molecule has 3 rings (SSSR count). The summed E-state index contributed by atoms with van der Waals surface area (Å²) in [6.45, 7) is 0. The van der Waals surface area contributed by atoms with Crippen molar-refractivity contribution in [1.29, 1.82) is 0 Å². The summed E-state index contributed by atoms with van der Waals surface area (Å²) in [5.74, 6) is 0.548. The topological polar surface area (TPSA) is 64.3 Å². The van der Waals surface area contributed by atoms with Gasteiger partial charge >= 0.3 is 6.09 Å². The highest BCUT2D eigenvalue weighted by Crippen LogP contribution is 2.27. The quantitative estimate of drug-likeness (QED) is 0.788. The van der Waals surface area contributed by atoms with Gasteiger partial charge < -0.3 is 10.1 Å². The highest BCUT2D eigenvalue weighted by molar-refractivity contribution is 7.97. The third kappa shape index (κ3) is 4.52. The van der Waals surface area contributed by atoms with Crippen LogP contribution < -0.4 is 15.2 Å². The first-order valence-electron chi connectivity index (χ1n) is 8.30. The number of carbonyl (C=O) groups excluding carboxylic acids is 1. The molecule has 0 saturated heterocycles. The maximum absolute atomic E-state index is 12.1. The Hall–Kier alpha value is -1.98. The summed E-state index contributed by atoms with van der Waals surface area (Å²) in [4.78, 5) is 13.1. The maximum Gasteiger partial charge on any atom is 0.412 e. The van der Waals surface area contributed by atoms with Gasteiger partial charge in [-0.15, -0.1) is 0 Å². The van der Waals surface area contributed by atoms with E-state index in [0.29, 0.717) is 5.75 Å². The smallest absolute Gasteiger partial charge is 0.410 e. The molecule has 126 valence electrons. The van der Waals surface area contributed by atoms with Gasteiger partial charge in [0.2, 0.25) is 0 Å². The Morgan fingerprint density at radius 2 is 1.75 bits per heavy atom. The highest BCUT2D eigenvalue weighted by Gasteiger charge is 2.16. The van der Waals surface area contributed by atoms with E-state index in [1.54, 1.807) is 6.07 Å². The first kappa shape index (κ1) is 16.9. The third-order valence-corrected chi connectivity index (χ3v) is 4.80. The molecule has 0 atom stereocenters. The van der Waals surface area contributed by atoms with E-state index in [4.69, 9.17) is 9.88 Å². The first-order valence-corrected chi connectivity index (χ1v) is 9.18. The summed E-state index contributed by atoms with van der Waals surface area (Å²) in [7, 11) is 0. The molecule has 0 spiro atoms. The van der Waals surface area contributed by atoms with Crippen LogP contribution in [0.15, 0.2) is 53.4 Å². The van der Waals surface area contributed by atoms with Gasteiger partial charge in [0.1, 0.15) is 5.75 Å². The van der Waals surface area contributed by atoms with Crippen molar-refractivity contribution in [1.82, 2.24) is 5.32 Å². The van der Waals surface area contributed by atoms with Crippen LogP contribution >= 0.6 is 11.9 Å². The van der Waals surface area contributed by atoms with Gasteiger partial charge in [-0.3, -0.25) is 5.14 Å². The Bertz CT molecular complexity index is 699. The number of hydrogen-bond acceptors (Lipinski definition) is 4. The number of nitrogens with one attached hydrogen (secondary N) is 1. The van der Waals surface area contributed by atoms with Gasteiger partial charge in [0.25, 0.3) is 0 Å². The van der Waals surface area contributed by atoms with Gasteiger partial charge in [0, 0.05) is 10.9 Å². The highest BCUT2D eigenvalue weighted by atomic mass is 32.2. The summed E-state index contributed by atoms with van der Waals surface area (Å²) in [5.41, 5.74) is 2.04. The molecule has 0 heterocycles. The fourth-order valence-electron chi connectivity index (χ4n) is 3.04. The Morgan fingerprint density at radius 1 is 1.04 bits per heavy atom. The molecule has 0 radical (unpaired) electrons. The molecule has 1 amide bonds. The second-order valence-corrected chi connectivity index (χ2v) is 6.75. The minimum Gasteiger partial charge on any atom is -0.410 e. The van der Waals surface area contributed by atoms with Crippen molar-refractivity contribution in [3.8, 4) is 16.9 Å². The van der Waals surface area contributed by atoms with Crippen LogP contribution in [0.3, 0.4) is 0 Å². The van der Waals surface area contributed by atoms with Crippen molar-refractivity contribution < 1.29 is 9.53 Å². The molecule has 24 heavy (non-hydrogen) atoms. The van der Waals surface area contributed by atoms with Crippen LogP contribution in [0.4, 0.5) is 4.79 Å². The van der Waals surface area contributed by atoms with Gasteiger partial charge in [-0.1, -0.05) is 43.5 Å². The van der Waals surface area contributed by atoms with Crippen LogP contribution in [-0.4, -0.2) is 12.1 Å². The molecule has 1 aliphatic carbocycles. The number of ether oxygens (including phenoxy) is 1. The number of carbonyl (C=O) groups is 1. The fourth-order valence-corrected chi connectivity index (χ4v) is 3.39. The molecule has 2 aromatic carbocycles. The molecule has 5 heteroatoms. The summed E-state index contributed by atoms with van der Waals surface area (Å²) in [6.07, 6.45) is 5.32. The molecule has 0 aliphatic heterocycles. The number of benzene rings is 2. The Balaban J connectivity index is 1.67. The van der Waals surface area contributed by atoms with Crippen LogP contribution in [0.25, 0.3) is 11.1 Å². The lowest BCUT2D eigenvalue weighted by Gasteiger charge is -2.22. The number of nitrogens with two attached hydrogens (primary N) is 1. The Morgan fingerprint density at radius 3 is 2.50 bits per heavy atom. The van der Waals surface area contributed by atoms with Crippen molar-refractivity contribution in [3.05, 3.63) is 48.5 Å². The van der Waals surface area contributed by atoms with E-state index in [2.05, 4.69) is 5.32 Å². The van der Waals surface area contributed by atoms with Gasteiger partial charge in [0.15, 0.2) is 0 Å². The molecular formula is C19H22N2O2S. The predicted octanol–water partition coefficient (Wildman–Crippen LogP) is 4.74. The zero-order valence-electron chi connectivity index (χ0n) is 13.5. The Kier molecular flexibility index (Phi) is 5.77. The van der Waals surface area contributed by atoms with Crippen LogP contribution in [0.2, 0.25) is 0 Å². The van der Waals surface area contributed by atoms with E-state index in [1.165, 1.54) is 31.2 Å². The number of amides is 1. The van der Waals surface area contributed by atoms with Crippen molar-refractivity contribution in [2.75, 3.05) is 0 Å². The normalized spacial score (nSPS) is 15.0. The lowest BCUT2D eigenvalue weighted by Crippen LogP contribution is -2.37. The van der Waals surface area contributed by atoms with Crippen molar-refractivity contribution in [2.45, 2.75) is 43.0 Å². The fraction of sp³-hybridized carbons (Fsp3) is 0.316. The molecule has 1 aliphatic rings. The molecule has 0 aromatic heterocycles. The lowest BCUT2D eigenvalue weighted by molar-refractivity contribution is 0.192.